The number of hydrogen-bond donors (Lipinski definition) is 0. The third kappa shape index (κ3) is 3.64. The molecule has 0 atom stereocenters. The Labute approximate surface area is 106 Å². The first kappa shape index (κ1) is 12.3. The lowest BCUT2D eigenvalue weighted by Crippen LogP contribution is -2.17. The summed E-state index contributed by atoms with van der Waals surface area (Å²) < 4.78 is 0. The van der Waals surface area contributed by atoms with Crippen molar-refractivity contribution >= 4 is 13.8 Å². The summed E-state index contributed by atoms with van der Waals surface area (Å²) in [5.41, 5.74) is 5.90. The van der Waals surface area contributed by atoms with Gasteiger partial charge in [-0.3, -0.25) is 0 Å². The van der Waals surface area contributed by atoms with Crippen LogP contribution in [0.1, 0.15) is 18.4 Å². The summed E-state index contributed by atoms with van der Waals surface area (Å²) in [7, 11) is -1.25. The van der Waals surface area contributed by atoms with Crippen LogP contribution in [-0.4, -0.2) is 21.2 Å². The van der Waals surface area contributed by atoms with Crippen LogP contribution < -0.4 is 4.90 Å². The molecule has 2 heteroatoms. The summed E-state index contributed by atoms with van der Waals surface area (Å²) in [4.78, 5) is 2.45. The second-order valence-electron chi connectivity index (χ2n) is 5.74. The van der Waals surface area contributed by atoms with E-state index in [1.54, 1.807) is 0 Å². The quantitative estimate of drug-likeness (QED) is 0.539. The van der Waals surface area contributed by atoms with Crippen LogP contribution in [0.15, 0.2) is 24.3 Å². The Morgan fingerprint density at radius 3 is 2.12 bits per heavy atom. The molecular weight excluding hydrogens is 222 g/mol. The van der Waals surface area contributed by atoms with Gasteiger partial charge < -0.3 is 4.90 Å². The Morgan fingerprint density at radius 1 is 1.00 bits per heavy atom. The van der Waals surface area contributed by atoms with Gasteiger partial charge in [-0.15, -0.1) is 5.54 Å². The van der Waals surface area contributed by atoms with Gasteiger partial charge in [0.25, 0.3) is 0 Å². The van der Waals surface area contributed by atoms with Gasteiger partial charge in [-0.25, -0.2) is 0 Å². The highest BCUT2D eigenvalue weighted by Gasteiger charge is 2.11. The average molecular weight is 243 g/mol. The average Bonchev–Trinajstić information content (AvgIpc) is 2.79. The van der Waals surface area contributed by atoms with Crippen molar-refractivity contribution in [3.05, 3.63) is 29.8 Å². The van der Waals surface area contributed by atoms with E-state index in [-0.39, 0.29) is 0 Å². The van der Waals surface area contributed by atoms with Gasteiger partial charge in [-0.1, -0.05) is 25.6 Å². The minimum atomic E-state index is -1.25. The topological polar surface area (TPSA) is 3.24 Å². The minimum Gasteiger partial charge on any atom is -0.372 e. The Hall–Kier alpha value is -1.20. The smallest absolute Gasteiger partial charge is 0.129 e. The van der Waals surface area contributed by atoms with E-state index in [1.807, 2.05) is 0 Å². The maximum absolute atomic E-state index is 3.40. The van der Waals surface area contributed by atoms with Crippen molar-refractivity contribution < 1.29 is 0 Å². The van der Waals surface area contributed by atoms with Crippen molar-refractivity contribution in [2.45, 2.75) is 32.5 Å². The molecule has 17 heavy (non-hydrogen) atoms. The van der Waals surface area contributed by atoms with E-state index in [0.29, 0.717) is 0 Å². The highest BCUT2D eigenvalue weighted by atomic mass is 28.3. The van der Waals surface area contributed by atoms with Crippen molar-refractivity contribution in [1.82, 2.24) is 0 Å². The zero-order valence-corrected chi connectivity index (χ0v) is 12.1. The molecule has 0 aliphatic carbocycles. The van der Waals surface area contributed by atoms with Crippen LogP contribution in [0.3, 0.4) is 0 Å². The molecule has 1 aromatic carbocycles. The Kier molecular flexibility index (Phi) is 3.59. The number of nitrogens with zero attached hydrogens (tertiary/aromatic N) is 1. The molecule has 0 radical (unpaired) electrons. The first-order chi connectivity index (χ1) is 8.04. The molecule has 1 saturated heterocycles. The van der Waals surface area contributed by atoms with E-state index in [2.05, 4.69) is 60.3 Å². The minimum absolute atomic E-state index is 1.15. The van der Waals surface area contributed by atoms with Crippen LogP contribution in [-0.2, 0) is 0 Å². The van der Waals surface area contributed by atoms with Gasteiger partial charge in [0, 0.05) is 24.3 Å². The molecule has 2 rings (SSSR count). The van der Waals surface area contributed by atoms with Crippen molar-refractivity contribution in [2.75, 3.05) is 18.0 Å². The van der Waals surface area contributed by atoms with Gasteiger partial charge in [-0.2, -0.15) is 0 Å². The monoisotopic (exact) mass is 243 g/mol. The summed E-state index contributed by atoms with van der Waals surface area (Å²) in [6.07, 6.45) is 2.66. The van der Waals surface area contributed by atoms with Crippen LogP contribution >= 0.6 is 0 Å². The lowest BCUT2D eigenvalue weighted by Gasteiger charge is -2.17. The summed E-state index contributed by atoms with van der Waals surface area (Å²) >= 11 is 0. The molecule has 0 bridgehead atoms. The highest BCUT2D eigenvalue weighted by molar-refractivity contribution is 6.83. The van der Waals surface area contributed by atoms with Gasteiger partial charge in [0.1, 0.15) is 8.07 Å². The fraction of sp³-hybridized carbons (Fsp3) is 0.467. The molecule has 1 aliphatic rings. The Balaban J connectivity index is 2.09. The van der Waals surface area contributed by atoms with E-state index in [9.17, 15) is 0 Å². The van der Waals surface area contributed by atoms with Crippen LogP contribution in [0.2, 0.25) is 19.6 Å². The molecule has 1 aliphatic heterocycles. The molecule has 1 aromatic rings. The standard InChI is InChI=1S/C15H21NSi/c1-17(2,3)13-10-14-6-8-15(9-7-14)16-11-4-5-12-16/h6-9H,4-5,11-12H2,1-3H3. The predicted octanol–water partition coefficient (Wildman–Crippen LogP) is 3.52. The normalized spacial score (nSPS) is 15.6. The molecular formula is C15H21NSi. The lowest BCUT2D eigenvalue weighted by molar-refractivity contribution is 0.949. The molecule has 90 valence electrons. The molecule has 0 aromatic heterocycles. The fourth-order valence-electron chi connectivity index (χ4n) is 1.99. The van der Waals surface area contributed by atoms with Gasteiger partial charge >= 0.3 is 0 Å². The van der Waals surface area contributed by atoms with E-state index >= 15 is 0 Å². The second kappa shape index (κ2) is 4.97. The zero-order valence-electron chi connectivity index (χ0n) is 11.1. The molecule has 0 unspecified atom stereocenters. The third-order valence-electron chi connectivity index (χ3n) is 2.92. The summed E-state index contributed by atoms with van der Waals surface area (Å²) in [5, 5.41) is 0. The Morgan fingerprint density at radius 2 is 1.59 bits per heavy atom. The summed E-state index contributed by atoms with van der Waals surface area (Å²) in [6, 6.07) is 8.72. The molecule has 0 N–H and O–H groups in total. The van der Waals surface area contributed by atoms with E-state index in [1.165, 1.54) is 31.6 Å². The van der Waals surface area contributed by atoms with Crippen molar-refractivity contribution in [1.29, 1.82) is 0 Å². The second-order valence-corrected chi connectivity index (χ2v) is 10.5. The number of rotatable bonds is 1. The highest BCUT2D eigenvalue weighted by Crippen LogP contribution is 2.20. The van der Waals surface area contributed by atoms with Gasteiger partial charge in [-0.05, 0) is 37.1 Å². The van der Waals surface area contributed by atoms with Crippen LogP contribution in [0.4, 0.5) is 5.69 Å². The molecule has 1 nitrogen and oxygen atoms in total. The summed E-state index contributed by atoms with van der Waals surface area (Å²) in [5.74, 6) is 3.30. The van der Waals surface area contributed by atoms with Gasteiger partial charge in [0.05, 0.1) is 0 Å². The third-order valence-corrected chi connectivity index (χ3v) is 3.80. The van der Waals surface area contributed by atoms with Crippen LogP contribution in [0.25, 0.3) is 0 Å². The lowest BCUT2D eigenvalue weighted by atomic mass is 10.2. The fourth-order valence-corrected chi connectivity index (χ4v) is 2.51. The molecule has 1 heterocycles. The van der Waals surface area contributed by atoms with E-state index < -0.39 is 8.07 Å². The maximum atomic E-state index is 3.40. The Bertz CT molecular complexity index is 425. The zero-order chi connectivity index (χ0) is 12.3. The SMILES string of the molecule is C[Si](C)(C)C#Cc1ccc(N2CCCC2)cc1. The molecule has 0 saturated carbocycles. The predicted molar refractivity (Wildman–Crippen MR) is 78.1 cm³/mol. The number of hydrogen-bond acceptors (Lipinski definition) is 1. The largest absolute Gasteiger partial charge is 0.372 e. The van der Waals surface area contributed by atoms with Crippen molar-refractivity contribution in [3.63, 3.8) is 0 Å². The first-order valence-electron chi connectivity index (χ1n) is 6.43. The summed E-state index contributed by atoms with van der Waals surface area (Å²) in [6.45, 7) is 9.25. The maximum Gasteiger partial charge on any atom is 0.129 e. The molecule has 0 spiro atoms. The van der Waals surface area contributed by atoms with E-state index in [0.717, 1.165) is 5.56 Å². The molecule has 0 amide bonds. The number of benzene rings is 1. The van der Waals surface area contributed by atoms with Gasteiger partial charge in [0.15, 0.2) is 0 Å². The van der Waals surface area contributed by atoms with Gasteiger partial charge in [0.2, 0.25) is 0 Å². The van der Waals surface area contributed by atoms with Crippen molar-refractivity contribution in [2.24, 2.45) is 0 Å². The first-order valence-corrected chi connectivity index (χ1v) is 9.93. The van der Waals surface area contributed by atoms with E-state index in [4.69, 9.17) is 0 Å². The van der Waals surface area contributed by atoms with Crippen LogP contribution in [0.5, 0.6) is 0 Å². The number of anilines is 1. The van der Waals surface area contributed by atoms with Crippen molar-refractivity contribution in [3.8, 4) is 11.5 Å². The molecule has 1 fully saturated rings. The van der Waals surface area contributed by atoms with Crippen LogP contribution in [0, 0.1) is 11.5 Å².